The van der Waals surface area contributed by atoms with Crippen LogP contribution >= 0.6 is 0 Å². The third kappa shape index (κ3) is 9.45. The fraction of sp³-hybridized carbons (Fsp3) is 0.346. The van der Waals surface area contributed by atoms with E-state index in [-0.39, 0.29) is 24.1 Å². The van der Waals surface area contributed by atoms with Gasteiger partial charge in [-0.05, 0) is 51.1 Å². The number of nitrogens with zero attached hydrogens (tertiary/aromatic N) is 2. The Morgan fingerprint density at radius 2 is 1.66 bits per heavy atom. The minimum Gasteiger partial charge on any atom is -0.488 e. The van der Waals surface area contributed by atoms with Gasteiger partial charge in [0, 0.05) is 30.2 Å². The Hall–Kier alpha value is -4.03. The number of hydrogen-bond acceptors (Lipinski definition) is 9. The maximum Gasteiger partial charge on any atom is 0.412 e. The number of rotatable bonds is 12. The minimum absolute atomic E-state index is 0.0385. The molecule has 0 bridgehead atoms. The van der Waals surface area contributed by atoms with E-state index >= 15 is 0 Å². The highest BCUT2D eigenvalue weighted by Gasteiger charge is 2.16. The molecule has 0 fully saturated rings. The van der Waals surface area contributed by atoms with Crippen LogP contribution in [0.4, 0.5) is 42.4 Å². The Labute approximate surface area is 219 Å². The van der Waals surface area contributed by atoms with Crippen LogP contribution in [0.5, 0.6) is 5.75 Å². The van der Waals surface area contributed by atoms with Gasteiger partial charge in [0.2, 0.25) is 5.95 Å². The molecule has 0 atom stereocenters. The number of aromatic nitrogens is 2. The van der Waals surface area contributed by atoms with Crippen LogP contribution in [-0.4, -0.2) is 55.2 Å². The van der Waals surface area contributed by atoms with Crippen LogP contribution in [0.1, 0.15) is 20.8 Å². The molecule has 0 aliphatic rings. The molecule has 2 aromatic carbocycles. The van der Waals surface area contributed by atoms with Crippen molar-refractivity contribution in [1.82, 2.24) is 9.97 Å². The van der Waals surface area contributed by atoms with Crippen molar-refractivity contribution < 1.29 is 32.5 Å². The van der Waals surface area contributed by atoms with Crippen LogP contribution in [0.3, 0.4) is 0 Å². The zero-order valence-corrected chi connectivity index (χ0v) is 21.6. The standard InChI is InChI=1S/C26H31F2N5O5/c1-26(2,3)38-25(34)32-18-7-5-6-17(14-18)30-23-21(28)16-29-24(33-23)31-19-8-9-22(20(27)15-19)37-13-12-36-11-10-35-4/h5-9,14-16H,10-13H2,1-4H3,(H,32,34)(H2,29,30,31,33). The van der Waals surface area contributed by atoms with Gasteiger partial charge in [-0.15, -0.1) is 0 Å². The molecular weight excluding hydrogens is 500 g/mol. The summed E-state index contributed by atoms with van der Waals surface area (Å²) >= 11 is 0. The van der Waals surface area contributed by atoms with Crippen molar-refractivity contribution in [3.8, 4) is 5.75 Å². The molecule has 1 amide bonds. The summed E-state index contributed by atoms with van der Waals surface area (Å²) in [5, 5.41) is 8.31. The lowest BCUT2D eigenvalue weighted by molar-refractivity contribution is 0.0538. The molecule has 0 saturated carbocycles. The second-order valence-corrected chi connectivity index (χ2v) is 8.95. The maximum absolute atomic E-state index is 14.5. The van der Waals surface area contributed by atoms with Crippen molar-refractivity contribution in [2.45, 2.75) is 26.4 Å². The van der Waals surface area contributed by atoms with E-state index in [0.29, 0.717) is 36.9 Å². The lowest BCUT2D eigenvalue weighted by Gasteiger charge is -2.19. The Morgan fingerprint density at radius 1 is 0.921 bits per heavy atom. The number of hydrogen-bond donors (Lipinski definition) is 3. The average Bonchev–Trinajstić information content (AvgIpc) is 2.83. The van der Waals surface area contributed by atoms with Gasteiger partial charge in [-0.3, -0.25) is 5.32 Å². The largest absolute Gasteiger partial charge is 0.488 e. The smallest absolute Gasteiger partial charge is 0.412 e. The molecule has 0 saturated heterocycles. The molecule has 12 heteroatoms. The van der Waals surface area contributed by atoms with E-state index in [9.17, 15) is 13.6 Å². The summed E-state index contributed by atoms with van der Waals surface area (Å²) in [5.74, 6) is -1.32. The number of nitrogens with one attached hydrogen (secondary N) is 3. The first-order chi connectivity index (χ1) is 18.1. The fourth-order valence-corrected chi connectivity index (χ4v) is 3.03. The molecule has 10 nitrogen and oxygen atoms in total. The molecule has 38 heavy (non-hydrogen) atoms. The van der Waals surface area contributed by atoms with Gasteiger partial charge in [-0.1, -0.05) is 6.07 Å². The Kier molecular flexibility index (Phi) is 10.1. The topological polar surface area (TPSA) is 116 Å². The van der Waals surface area contributed by atoms with Gasteiger partial charge < -0.3 is 29.6 Å². The number of ether oxygens (including phenoxy) is 4. The first-order valence-electron chi connectivity index (χ1n) is 11.8. The van der Waals surface area contributed by atoms with E-state index < -0.39 is 23.3 Å². The first kappa shape index (κ1) is 28.5. The molecule has 0 aliphatic carbocycles. The van der Waals surface area contributed by atoms with Gasteiger partial charge in [0.25, 0.3) is 0 Å². The van der Waals surface area contributed by atoms with Crippen LogP contribution in [-0.2, 0) is 14.2 Å². The number of amides is 1. The summed E-state index contributed by atoms with van der Waals surface area (Å²) < 4.78 is 49.7. The number of carbonyl (C=O) groups excluding carboxylic acids is 1. The fourth-order valence-electron chi connectivity index (χ4n) is 3.03. The summed E-state index contributed by atoms with van der Waals surface area (Å²) in [6, 6.07) is 10.8. The van der Waals surface area contributed by atoms with Gasteiger partial charge in [0.15, 0.2) is 23.2 Å². The van der Waals surface area contributed by atoms with E-state index in [1.165, 1.54) is 12.1 Å². The van der Waals surface area contributed by atoms with Crippen molar-refractivity contribution >= 4 is 34.9 Å². The number of carbonyl (C=O) groups is 1. The van der Waals surface area contributed by atoms with E-state index in [4.69, 9.17) is 18.9 Å². The second-order valence-electron chi connectivity index (χ2n) is 8.95. The quantitative estimate of drug-likeness (QED) is 0.256. The van der Waals surface area contributed by atoms with Crippen molar-refractivity contribution in [1.29, 1.82) is 0 Å². The minimum atomic E-state index is -0.705. The predicted octanol–water partition coefficient (Wildman–Crippen LogP) is 5.63. The second kappa shape index (κ2) is 13.5. The average molecular weight is 532 g/mol. The molecule has 0 aliphatic heterocycles. The first-order valence-corrected chi connectivity index (χ1v) is 11.8. The zero-order valence-electron chi connectivity index (χ0n) is 21.6. The normalized spacial score (nSPS) is 11.1. The highest BCUT2D eigenvalue weighted by molar-refractivity contribution is 5.85. The van der Waals surface area contributed by atoms with Gasteiger partial charge in [0.05, 0.1) is 26.0 Å². The molecule has 0 spiro atoms. The van der Waals surface area contributed by atoms with E-state index in [1.54, 1.807) is 58.2 Å². The van der Waals surface area contributed by atoms with Crippen molar-refractivity contribution in [2.24, 2.45) is 0 Å². The van der Waals surface area contributed by atoms with Gasteiger partial charge >= 0.3 is 6.09 Å². The molecule has 1 heterocycles. The summed E-state index contributed by atoms with van der Waals surface area (Å²) in [6.45, 7) is 6.64. The van der Waals surface area contributed by atoms with Gasteiger partial charge in [-0.25, -0.2) is 18.6 Å². The molecule has 3 rings (SSSR count). The summed E-state index contributed by atoms with van der Waals surface area (Å²) in [4.78, 5) is 20.1. The third-order valence-electron chi connectivity index (χ3n) is 4.62. The highest BCUT2D eigenvalue weighted by Crippen LogP contribution is 2.25. The van der Waals surface area contributed by atoms with E-state index in [1.807, 2.05) is 0 Å². The van der Waals surface area contributed by atoms with Crippen LogP contribution < -0.4 is 20.7 Å². The molecule has 3 N–H and O–H groups in total. The Bertz CT molecular complexity index is 1220. The molecular formula is C26H31F2N5O5. The molecule has 204 valence electrons. The van der Waals surface area contributed by atoms with E-state index in [2.05, 4.69) is 25.9 Å². The molecule has 1 aromatic heterocycles. The lowest BCUT2D eigenvalue weighted by Crippen LogP contribution is -2.27. The summed E-state index contributed by atoms with van der Waals surface area (Å²) in [5.41, 5.74) is 0.590. The molecule has 0 unspecified atom stereocenters. The predicted molar refractivity (Wildman–Crippen MR) is 139 cm³/mol. The van der Waals surface area contributed by atoms with Gasteiger partial charge in [0.1, 0.15) is 12.2 Å². The van der Waals surface area contributed by atoms with Crippen LogP contribution in [0.25, 0.3) is 0 Å². The van der Waals surface area contributed by atoms with Crippen molar-refractivity contribution in [3.05, 3.63) is 60.3 Å². The summed E-state index contributed by atoms with van der Waals surface area (Å²) in [6.07, 6.45) is 0.367. The number of anilines is 5. The molecule has 3 aromatic rings. The monoisotopic (exact) mass is 531 g/mol. The molecule has 0 radical (unpaired) electrons. The SMILES string of the molecule is COCCOCCOc1ccc(Nc2ncc(F)c(Nc3cccc(NC(=O)OC(C)(C)C)c3)n2)cc1F. The highest BCUT2D eigenvalue weighted by atomic mass is 19.1. The number of methoxy groups -OCH3 is 1. The van der Waals surface area contributed by atoms with Crippen LogP contribution in [0.15, 0.2) is 48.7 Å². The summed E-state index contributed by atoms with van der Waals surface area (Å²) in [7, 11) is 1.58. The Morgan fingerprint density at radius 3 is 2.39 bits per heavy atom. The Balaban J connectivity index is 1.61. The van der Waals surface area contributed by atoms with Crippen molar-refractivity contribution in [2.75, 3.05) is 49.5 Å². The van der Waals surface area contributed by atoms with Gasteiger partial charge in [-0.2, -0.15) is 4.98 Å². The van der Waals surface area contributed by atoms with E-state index in [0.717, 1.165) is 6.20 Å². The maximum atomic E-state index is 14.5. The zero-order chi connectivity index (χ0) is 27.5. The van der Waals surface area contributed by atoms with Crippen LogP contribution in [0, 0.1) is 11.6 Å². The number of benzene rings is 2. The van der Waals surface area contributed by atoms with Crippen LogP contribution in [0.2, 0.25) is 0 Å². The van der Waals surface area contributed by atoms with Crippen molar-refractivity contribution in [3.63, 3.8) is 0 Å². The third-order valence-corrected chi connectivity index (χ3v) is 4.62. The number of halogens is 2. The lowest BCUT2D eigenvalue weighted by atomic mass is 10.2.